The Hall–Kier alpha value is -2.89. The molecule has 12 nitrogen and oxygen atoms in total. The fourth-order valence-corrected chi connectivity index (χ4v) is 1.84. The summed E-state index contributed by atoms with van der Waals surface area (Å²) in [4.78, 5) is 49.4. The fourth-order valence-electron chi connectivity index (χ4n) is 1.84. The van der Waals surface area contributed by atoms with Crippen molar-refractivity contribution in [1.29, 1.82) is 0 Å². The molecule has 0 bridgehead atoms. The number of nitrogens with two attached hydrogens (primary N) is 4. The van der Waals surface area contributed by atoms with Crippen LogP contribution in [0.25, 0.3) is 0 Å². The van der Waals surface area contributed by atoms with Crippen molar-refractivity contribution in [3.05, 3.63) is 0 Å². The molecule has 2 unspecified atom stereocenters. The van der Waals surface area contributed by atoms with Crippen LogP contribution in [0.2, 0.25) is 0 Å². The van der Waals surface area contributed by atoms with Crippen LogP contribution < -0.4 is 33.6 Å². The normalized spacial score (nSPS) is 12.5. The van der Waals surface area contributed by atoms with Crippen molar-refractivity contribution in [3.63, 3.8) is 0 Å². The maximum Gasteiger partial charge on any atom is 0.326 e. The maximum atomic E-state index is 12.3. The number of nitrogens with one attached hydrogen (secondary N) is 2. The molecule has 3 amide bonds. The van der Waals surface area contributed by atoms with E-state index in [9.17, 15) is 19.2 Å². The van der Waals surface area contributed by atoms with Gasteiger partial charge in [-0.2, -0.15) is 0 Å². The topological polar surface area (TPSA) is 229 Å². The first-order valence-electron chi connectivity index (χ1n) is 7.53. The number of rotatable bonds is 12. The van der Waals surface area contributed by atoms with E-state index < -0.39 is 35.8 Å². The summed E-state index contributed by atoms with van der Waals surface area (Å²) in [6, 6.07) is -2.32. The monoisotopic (exact) mass is 359 g/mol. The Morgan fingerprint density at radius 1 is 1.00 bits per heavy atom. The molecule has 0 aliphatic rings. The number of carbonyl (C=O) groups excluding carboxylic acids is 3. The first kappa shape index (κ1) is 22.1. The van der Waals surface area contributed by atoms with Gasteiger partial charge < -0.3 is 38.7 Å². The van der Waals surface area contributed by atoms with Crippen molar-refractivity contribution in [2.24, 2.45) is 27.9 Å². The Labute approximate surface area is 144 Å². The zero-order valence-corrected chi connectivity index (χ0v) is 13.7. The Bertz CT molecular complexity index is 519. The van der Waals surface area contributed by atoms with Gasteiger partial charge in [0.15, 0.2) is 5.96 Å². The molecule has 0 fully saturated rings. The summed E-state index contributed by atoms with van der Waals surface area (Å²) >= 11 is 0. The first-order chi connectivity index (χ1) is 11.7. The van der Waals surface area contributed by atoms with Gasteiger partial charge in [0.1, 0.15) is 12.1 Å². The molecule has 0 aliphatic carbocycles. The average molecular weight is 359 g/mol. The highest BCUT2D eigenvalue weighted by molar-refractivity contribution is 5.91. The molecule has 0 saturated heterocycles. The number of carboxylic acid groups (broad SMARTS) is 1. The van der Waals surface area contributed by atoms with E-state index >= 15 is 0 Å². The van der Waals surface area contributed by atoms with Crippen LogP contribution in [0.1, 0.15) is 25.7 Å². The van der Waals surface area contributed by atoms with E-state index in [1.54, 1.807) is 0 Å². The zero-order chi connectivity index (χ0) is 19.4. The third-order valence-electron chi connectivity index (χ3n) is 3.08. The lowest BCUT2D eigenvalue weighted by Crippen LogP contribution is -2.52. The van der Waals surface area contributed by atoms with Gasteiger partial charge in [-0.25, -0.2) is 4.79 Å². The highest BCUT2D eigenvalue weighted by Crippen LogP contribution is 2.03. The number of aliphatic imine (C=N–C) groups is 1. The smallest absolute Gasteiger partial charge is 0.326 e. The van der Waals surface area contributed by atoms with Gasteiger partial charge in [0, 0.05) is 13.0 Å². The molecule has 142 valence electrons. The molecular formula is C13H25N7O5. The summed E-state index contributed by atoms with van der Waals surface area (Å²) in [5, 5.41) is 13.8. The van der Waals surface area contributed by atoms with Gasteiger partial charge in [-0.15, -0.1) is 0 Å². The fraction of sp³-hybridized carbons (Fsp3) is 0.615. The molecule has 0 rings (SSSR count). The second-order valence-electron chi connectivity index (χ2n) is 5.18. The van der Waals surface area contributed by atoms with Gasteiger partial charge in [-0.05, 0) is 19.3 Å². The molecule has 25 heavy (non-hydrogen) atoms. The molecule has 0 saturated carbocycles. The van der Waals surface area contributed by atoms with Gasteiger partial charge in [-0.1, -0.05) is 0 Å². The van der Waals surface area contributed by atoms with Crippen molar-refractivity contribution < 1.29 is 24.3 Å². The number of carbonyl (C=O) groups is 4. The van der Waals surface area contributed by atoms with E-state index in [4.69, 9.17) is 28.0 Å². The second-order valence-corrected chi connectivity index (χ2v) is 5.18. The summed E-state index contributed by atoms with van der Waals surface area (Å²) in [5.41, 5.74) is 20.5. The minimum absolute atomic E-state index is 0.107. The molecule has 0 spiro atoms. The van der Waals surface area contributed by atoms with Crippen molar-refractivity contribution in [3.8, 4) is 0 Å². The number of nitrogens with zero attached hydrogens (tertiary/aromatic N) is 1. The van der Waals surface area contributed by atoms with Gasteiger partial charge in [-0.3, -0.25) is 19.4 Å². The van der Waals surface area contributed by atoms with E-state index in [0.29, 0.717) is 6.42 Å². The van der Waals surface area contributed by atoms with Crippen LogP contribution in [0.15, 0.2) is 4.99 Å². The number of aliphatic carboxylic acids is 1. The molecule has 0 aromatic heterocycles. The van der Waals surface area contributed by atoms with Gasteiger partial charge >= 0.3 is 5.97 Å². The van der Waals surface area contributed by atoms with Crippen molar-refractivity contribution in [2.75, 3.05) is 13.1 Å². The second kappa shape index (κ2) is 11.6. The SMILES string of the molecule is NCC(=O)NC(CCCN=C(N)N)C(=O)NC(CCC(N)=O)C(=O)O. The van der Waals surface area contributed by atoms with Crippen LogP contribution in [0.3, 0.4) is 0 Å². The van der Waals surface area contributed by atoms with Crippen LogP contribution in [-0.2, 0) is 19.2 Å². The summed E-state index contributed by atoms with van der Waals surface area (Å²) < 4.78 is 0. The van der Waals surface area contributed by atoms with Gasteiger partial charge in [0.05, 0.1) is 6.54 Å². The molecular weight excluding hydrogens is 334 g/mol. The molecule has 0 radical (unpaired) electrons. The van der Waals surface area contributed by atoms with E-state index in [0.717, 1.165) is 0 Å². The van der Waals surface area contributed by atoms with Crippen LogP contribution in [0, 0.1) is 0 Å². The number of hydrogen-bond donors (Lipinski definition) is 7. The zero-order valence-electron chi connectivity index (χ0n) is 13.7. The third-order valence-corrected chi connectivity index (χ3v) is 3.08. The first-order valence-corrected chi connectivity index (χ1v) is 7.53. The molecule has 0 aromatic rings. The van der Waals surface area contributed by atoms with E-state index in [2.05, 4.69) is 15.6 Å². The van der Waals surface area contributed by atoms with Crippen LogP contribution in [-0.4, -0.2) is 59.9 Å². The van der Waals surface area contributed by atoms with Crippen molar-refractivity contribution in [1.82, 2.24) is 10.6 Å². The Kier molecular flexibility index (Phi) is 10.3. The highest BCUT2D eigenvalue weighted by atomic mass is 16.4. The number of hydrogen-bond acceptors (Lipinski definition) is 6. The van der Waals surface area contributed by atoms with Crippen molar-refractivity contribution in [2.45, 2.75) is 37.8 Å². The third kappa shape index (κ3) is 10.5. The lowest BCUT2D eigenvalue weighted by atomic mass is 10.1. The minimum Gasteiger partial charge on any atom is -0.480 e. The molecule has 0 aromatic carbocycles. The summed E-state index contributed by atoms with van der Waals surface area (Å²) in [7, 11) is 0. The van der Waals surface area contributed by atoms with E-state index in [-0.39, 0.29) is 38.3 Å². The largest absolute Gasteiger partial charge is 0.480 e. The Morgan fingerprint density at radius 3 is 2.12 bits per heavy atom. The van der Waals surface area contributed by atoms with Gasteiger partial charge in [0.2, 0.25) is 17.7 Å². The number of guanidine groups is 1. The maximum absolute atomic E-state index is 12.3. The molecule has 0 aliphatic heterocycles. The molecule has 12 heteroatoms. The number of carboxylic acids is 1. The predicted octanol–water partition coefficient (Wildman–Crippen LogP) is -3.68. The summed E-state index contributed by atoms with van der Waals surface area (Å²) in [6.45, 7) is -0.101. The number of primary amides is 1. The van der Waals surface area contributed by atoms with Crippen LogP contribution >= 0.6 is 0 Å². The van der Waals surface area contributed by atoms with Crippen LogP contribution in [0.5, 0.6) is 0 Å². The highest BCUT2D eigenvalue weighted by Gasteiger charge is 2.26. The Morgan fingerprint density at radius 2 is 1.64 bits per heavy atom. The quantitative estimate of drug-likeness (QED) is 0.104. The molecule has 11 N–H and O–H groups in total. The minimum atomic E-state index is -1.32. The van der Waals surface area contributed by atoms with Crippen molar-refractivity contribution >= 4 is 29.7 Å². The van der Waals surface area contributed by atoms with Gasteiger partial charge in [0.25, 0.3) is 0 Å². The lowest BCUT2D eigenvalue weighted by molar-refractivity contribution is -0.142. The summed E-state index contributed by atoms with van der Waals surface area (Å²) in [6.07, 6.45) is 0.153. The van der Waals surface area contributed by atoms with Crippen LogP contribution in [0.4, 0.5) is 0 Å². The summed E-state index contributed by atoms with van der Waals surface area (Å²) in [5.74, 6) is -3.41. The molecule has 2 atom stereocenters. The van der Waals surface area contributed by atoms with E-state index in [1.165, 1.54) is 0 Å². The van der Waals surface area contributed by atoms with E-state index in [1.807, 2.05) is 0 Å². The molecule has 0 heterocycles. The lowest BCUT2D eigenvalue weighted by Gasteiger charge is -2.21. The Balaban J connectivity index is 4.85. The standard InChI is InChI=1S/C13H25N7O5/c14-6-10(22)19-7(2-1-5-18-13(16)17)11(23)20-8(12(24)25)3-4-9(15)21/h7-8H,1-6,14H2,(H2,15,21)(H,19,22)(H,20,23)(H,24,25)(H4,16,17,18). The average Bonchev–Trinajstić information content (AvgIpc) is 2.52. The predicted molar refractivity (Wildman–Crippen MR) is 88.9 cm³/mol. The number of amides is 3.